The zero-order chi connectivity index (χ0) is 20.4. The molecule has 0 saturated carbocycles. The van der Waals surface area contributed by atoms with E-state index in [1.165, 1.54) is 17.3 Å². The number of aromatic amines is 1. The molecule has 0 bridgehead atoms. The van der Waals surface area contributed by atoms with Gasteiger partial charge >= 0.3 is 0 Å². The molecule has 0 unspecified atom stereocenters. The SMILES string of the molecule is Cc1ccc2nc(SCC(=O)N[C@H](c3ccc4c(c3)OCCO4)C(C)C)[nH]c2c1. The van der Waals surface area contributed by atoms with E-state index in [0.717, 1.165) is 33.3 Å². The van der Waals surface area contributed by atoms with Gasteiger partial charge in [0, 0.05) is 0 Å². The molecule has 1 amide bonds. The molecular weight excluding hydrogens is 386 g/mol. The first kappa shape index (κ1) is 19.6. The number of aryl methyl sites for hydroxylation is 1. The molecule has 2 heterocycles. The summed E-state index contributed by atoms with van der Waals surface area (Å²) in [7, 11) is 0. The van der Waals surface area contributed by atoms with Gasteiger partial charge in [-0.1, -0.05) is 37.7 Å². The molecule has 0 fully saturated rings. The maximum absolute atomic E-state index is 12.6. The Morgan fingerprint density at radius 1 is 1.17 bits per heavy atom. The van der Waals surface area contributed by atoms with E-state index < -0.39 is 0 Å². The van der Waals surface area contributed by atoms with Crippen LogP contribution in [0.15, 0.2) is 41.6 Å². The van der Waals surface area contributed by atoms with E-state index in [-0.39, 0.29) is 17.9 Å². The smallest absolute Gasteiger partial charge is 0.230 e. The van der Waals surface area contributed by atoms with Crippen LogP contribution in [0.1, 0.15) is 31.0 Å². The second-order valence-corrected chi connectivity index (χ2v) is 8.51. The zero-order valence-corrected chi connectivity index (χ0v) is 17.6. The van der Waals surface area contributed by atoms with Crippen LogP contribution in [-0.4, -0.2) is 34.8 Å². The summed E-state index contributed by atoms with van der Waals surface area (Å²) in [6.07, 6.45) is 0. The summed E-state index contributed by atoms with van der Waals surface area (Å²) >= 11 is 1.41. The van der Waals surface area contributed by atoms with Gasteiger partial charge in [-0.3, -0.25) is 4.79 Å². The number of hydrogen-bond donors (Lipinski definition) is 2. The Morgan fingerprint density at radius 3 is 2.76 bits per heavy atom. The molecule has 0 aliphatic carbocycles. The number of imidazole rings is 1. The van der Waals surface area contributed by atoms with Crippen LogP contribution in [0, 0.1) is 12.8 Å². The van der Waals surface area contributed by atoms with Crippen molar-refractivity contribution in [1.29, 1.82) is 0 Å². The first-order valence-electron chi connectivity index (χ1n) is 9.77. The quantitative estimate of drug-likeness (QED) is 0.593. The van der Waals surface area contributed by atoms with Gasteiger partial charge < -0.3 is 19.8 Å². The second kappa shape index (κ2) is 8.37. The minimum absolute atomic E-state index is 0.0276. The van der Waals surface area contributed by atoms with Crippen molar-refractivity contribution >= 4 is 28.7 Å². The molecule has 0 radical (unpaired) electrons. The maximum Gasteiger partial charge on any atom is 0.230 e. The second-order valence-electron chi connectivity index (χ2n) is 7.54. The van der Waals surface area contributed by atoms with E-state index in [2.05, 4.69) is 35.2 Å². The lowest BCUT2D eigenvalue weighted by Gasteiger charge is -2.25. The van der Waals surface area contributed by atoms with E-state index in [9.17, 15) is 4.79 Å². The van der Waals surface area contributed by atoms with Gasteiger partial charge in [0.1, 0.15) is 13.2 Å². The average Bonchev–Trinajstić information content (AvgIpc) is 3.12. The topological polar surface area (TPSA) is 76.2 Å². The number of amides is 1. The highest BCUT2D eigenvalue weighted by Gasteiger charge is 2.21. The van der Waals surface area contributed by atoms with Crippen molar-refractivity contribution in [2.75, 3.05) is 19.0 Å². The number of aromatic nitrogens is 2. The lowest BCUT2D eigenvalue weighted by molar-refractivity contribution is -0.119. The maximum atomic E-state index is 12.6. The molecule has 1 atom stereocenters. The molecule has 7 heteroatoms. The number of benzene rings is 2. The van der Waals surface area contributed by atoms with E-state index in [4.69, 9.17) is 9.47 Å². The number of carbonyl (C=O) groups excluding carboxylic acids is 1. The molecule has 0 saturated heterocycles. The van der Waals surface area contributed by atoms with Crippen LogP contribution in [0.4, 0.5) is 0 Å². The fraction of sp³-hybridized carbons (Fsp3) is 0.364. The summed E-state index contributed by atoms with van der Waals surface area (Å²) in [6, 6.07) is 11.9. The van der Waals surface area contributed by atoms with Crippen LogP contribution in [0.5, 0.6) is 11.5 Å². The van der Waals surface area contributed by atoms with Crippen LogP contribution >= 0.6 is 11.8 Å². The summed E-state index contributed by atoms with van der Waals surface area (Å²) in [5.74, 6) is 2.00. The van der Waals surface area contributed by atoms with Crippen LogP contribution in [0.25, 0.3) is 11.0 Å². The molecule has 4 rings (SSSR count). The standard InChI is InChI=1S/C22H25N3O3S/c1-13(2)21(15-5-7-18-19(11-15)28-9-8-27-18)25-20(26)12-29-22-23-16-6-4-14(3)10-17(16)24-22/h4-7,10-11,13,21H,8-9,12H2,1-3H3,(H,23,24)(H,25,26)/t21-/m0/s1. The van der Waals surface area contributed by atoms with Crippen molar-refractivity contribution < 1.29 is 14.3 Å². The molecule has 1 aromatic heterocycles. The monoisotopic (exact) mass is 411 g/mol. The first-order valence-corrected chi connectivity index (χ1v) is 10.8. The lowest BCUT2D eigenvalue weighted by atomic mass is 9.95. The van der Waals surface area contributed by atoms with Gasteiger partial charge in [-0.25, -0.2) is 4.98 Å². The Kier molecular flexibility index (Phi) is 5.67. The van der Waals surface area contributed by atoms with Crippen LogP contribution in [0.2, 0.25) is 0 Å². The number of nitrogens with one attached hydrogen (secondary N) is 2. The molecule has 2 aromatic carbocycles. The number of ether oxygens (including phenoxy) is 2. The summed E-state index contributed by atoms with van der Waals surface area (Å²) < 4.78 is 11.3. The predicted molar refractivity (Wildman–Crippen MR) is 115 cm³/mol. The summed E-state index contributed by atoms with van der Waals surface area (Å²) in [5, 5.41) is 3.91. The van der Waals surface area contributed by atoms with E-state index in [1.54, 1.807) is 0 Å². The van der Waals surface area contributed by atoms with Crippen LogP contribution < -0.4 is 14.8 Å². The molecule has 1 aliphatic heterocycles. The molecule has 152 valence electrons. The van der Waals surface area contributed by atoms with Crippen molar-refractivity contribution in [3.05, 3.63) is 47.5 Å². The molecular formula is C22H25N3O3S. The summed E-state index contributed by atoms with van der Waals surface area (Å²) in [6.45, 7) is 7.34. The van der Waals surface area contributed by atoms with Gasteiger partial charge in [0.25, 0.3) is 0 Å². The highest BCUT2D eigenvalue weighted by atomic mass is 32.2. The Hall–Kier alpha value is -2.67. The van der Waals surface area contributed by atoms with Gasteiger partial charge in [0.2, 0.25) is 5.91 Å². The Morgan fingerprint density at radius 2 is 1.97 bits per heavy atom. The fourth-order valence-electron chi connectivity index (χ4n) is 3.41. The van der Waals surface area contributed by atoms with Crippen molar-refractivity contribution in [1.82, 2.24) is 15.3 Å². The van der Waals surface area contributed by atoms with E-state index in [0.29, 0.717) is 19.0 Å². The number of thioether (sulfide) groups is 1. The third kappa shape index (κ3) is 4.50. The summed E-state index contributed by atoms with van der Waals surface area (Å²) in [4.78, 5) is 20.5. The molecule has 29 heavy (non-hydrogen) atoms. The fourth-order valence-corrected chi connectivity index (χ4v) is 4.10. The number of nitrogens with zero attached hydrogens (tertiary/aromatic N) is 1. The van der Waals surface area contributed by atoms with Gasteiger partial charge in [-0.15, -0.1) is 0 Å². The van der Waals surface area contributed by atoms with Crippen LogP contribution in [0.3, 0.4) is 0 Å². The van der Waals surface area contributed by atoms with Gasteiger partial charge in [0.05, 0.1) is 22.8 Å². The third-order valence-electron chi connectivity index (χ3n) is 4.86. The van der Waals surface area contributed by atoms with E-state index >= 15 is 0 Å². The largest absolute Gasteiger partial charge is 0.486 e. The highest BCUT2D eigenvalue weighted by Crippen LogP contribution is 2.34. The zero-order valence-electron chi connectivity index (χ0n) is 16.8. The first-order chi connectivity index (χ1) is 14.0. The number of carbonyl (C=O) groups is 1. The molecule has 6 nitrogen and oxygen atoms in total. The highest BCUT2D eigenvalue weighted by molar-refractivity contribution is 7.99. The number of H-pyrrole nitrogens is 1. The minimum atomic E-state index is -0.0998. The average molecular weight is 412 g/mol. The molecule has 2 N–H and O–H groups in total. The lowest BCUT2D eigenvalue weighted by Crippen LogP contribution is -2.33. The predicted octanol–water partition coefficient (Wildman–Crippen LogP) is 4.25. The minimum Gasteiger partial charge on any atom is -0.486 e. The van der Waals surface area contributed by atoms with Crippen molar-refractivity contribution in [3.8, 4) is 11.5 Å². The molecule has 0 spiro atoms. The van der Waals surface area contributed by atoms with Crippen molar-refractivity contribution in [3.63, 3.8) is 0 Å². The molecule has 1 aliphatic rings. The Bertz CT molecular complexity index is 1030. The number of fused-ring (bicyclic) bond motifs is 2. The van der Waals surface area contributed by atoms with E-state index in [1.807, 2.05) is 37.3 Å². The number of hydrogen-bond acceptors (Lipinski definition) is 5. The van der Waals surface area contributed by atoms with Gasteiger partial charge in [-0.05, 0) is 48.2 Å². The van der Waals surface area contributed by atoms with Crippen molar-refractivity contribution in [2.24, 2.45) is 5.92 Å². The normalized spacial score (nSPS) is 14.2. The van der Waals surface area contributed by atoms with Gasteiger partial charge in [0.15, 0.2) is 16.7 Å². The third-order valence-corrected chi connectivity index (χ3v) is 5.74. The van der Waals surface area contributed by atoms with Gasteiger partial charge in [-0.2, -0.15) is 0 Å². The van der Waals surface area contributed by atoms with Crippen molar-refractivity contribution in [2.45, 2.75) is 32.0 Å². The summed E-state index contributed by atoms with van der Waals surface area (Å²) in [5.41, 5.74) is 4.09. The Labute approximate surface area is 174 Å². The Balaban J connectivity index is 1.42. The van der Waals surface area contributed by atoms with Crippen LogP contribution in [-0.2, 0) is 4.79 Å². The molecule has 3 aromatic rings. The number of rotatable bonds is 6.